The summed E-state index contributed by atoms with van der Waals surface area (Å²) < 4.78 is 1.85. The number of aromatic nitrogens is 3. The average molecular weight is 375 g/mol. The standard InChI is InChI=1S/C19H29N5O3/c1-12-3-5-14(6-4-12)24(15-7-8-15)18(25)11-22-10-17-21-20-13(2)23(17)9-16(22)19(26)27/h12,14-16H,3-11H2,1-2H3,(H,26,27). The molecule has 27 heavy (non-hydrogen) atoms. The molecule has 148 valence electrons. The topological polar surface area (TPSA) is 91.6 Å². The van der Waals surface area contributed by atoms with Gasteiger partial charge in [-0.1, -0.05) is 6.92 Å². The van der Waals surface area contributed by atoms with E-state index < -0.39 is 12.0 Å². The number of rotatable bonds is 5. The third-order valence-electron chi connectivity index (χ3n) is 6.38. The Balaban J connectivity index is 1.49. The van der Waals surface area contributed by atoms with Gasteiger partial charge < -0.3 is 14.6 Å². The van der Waals surface area contributed by atoms with Crippen molar-refractivity contribution in [2.75, 3.05) is 6.54 Å². The molecule has 0 saturated heterocycles. The smallest absolute Gasteiger partial charge is 0.322 e. The highest BCUT2D eigenvalue weighted by atomic mass is 16.4. The first-order valence-corrected chi connectivity index (χ1v) is 10.1. The Hall–Kier alpha value is -1.96. The van der Waals surface area contributed by atoms with Crippen LogP contribution in [0.15, 0.2) is 0 Å². The number of fused-ring (bicyclic) bond motifs is 1. The molecular weight excluding hydrogens is 346 g/mol. The molecule has 0 bridgehead atoms. The molecule has 4 rings (SSSR count). The molecule has 1 aliphatic heterocycles. The second-order valence-electron chi connectivity index (χ2n) is 8.48. The molecule has 1 N–H and O–H groups in total. The molecule has 2 heterocycles. The lowest BCUT2D eigenvalue weighted by Crippen LogP contribution is -2.54. The van der Waals surface area contributed by atoms with Crippen LogP contribution in [0.4, 0.5) is 0 Å². The van der Waals surface area contributed by atoms with Crippen LogP contribution < -0.4 is 0 Å². The van der Waals surface area contributed by atoms with Crippen molar-refractivity contribution in [2.45, 2.75) is 83.6 Å². The van der Waals surface area contributed by atoms with E-state index in [0.717, 1.165) is 43.3 Å². The van der Waals surface area contributed by atoms with Crippen molar-refractivity contribution in [1.82, 2.24) is 24.6 Å². The summed E-state index contributed by atoms with van der Waals surface area (Å²) in [7, 11) is 0. The first-order chi connectivity index (χ1) is 12.9. The molecule has 8 nitrogen and oxygen atoms in total. The lowest BCUT2D eigenvalue weighted by molar-refractivity contribution is -0.147. The number of carbonyl (C=O) groups excluding carboxylic acids is 1. The van der Waals surface area contributed by atoms with Crippen LogP contribution in [0.3, 0.4) is 0 Å². The molecule has 0 aromatic carbocycles. The highest BCUT2D eigenvalue weighted by molar-refractivity contribution is 5.81. The summed E-state index contributed by atoms with van der Waals surface area (Å²) in [6.07, 6.45) is 6.63. The van der Waals surface area contributed by atoms with Gasteiger partial charge in [-0.05, 0) is 51.4 Å². The number of carboxylic acid groups (broad SMARTS) is 1. The molecule has 1 unspecified atom stereocenters. The Kier molecular flexibility index (Phi) is 4.92. The third kappa shape index (κ3) is 3.72. The predicted octanol–water partition coefficient (Wildman–Crippen LogP) is 1.43. The highest BCUT2D eigenvalue weighted by Gasteiger charge is 2.41. The Bertz CT molecular complexity index is 721. The summed E-state index contributed by atoms with van der Waals surface area (Å²) in [5, 5.41) is 17.9. The Labute approximate surface area is 159 Å². The molecule has 2 fully saturated rings. The van der Waals surface area contributed by atoms with E-state index in [9.17, 15) is 14.7 Å². The van der Waals surface area contributed by atoms with Gasteiger partial charge in [0.25, 0.3) is 0 Å². The average Bonchev–Trinajstić information content (AvgIpc) is 3.40. The number of amides is 1. The number of carbonyl (C=O) groups is 2. The third-order valence-corrected chi connectivity index (χ3v) is 6.38. The van der Waals surface area contributed by atoms with Crippen molar-refractivity contribution in [3.63, 3.8) is 0 Å². The van der Waals surface area contributed by atoms with Gasteiger partial charge in [-0.15, -0.1) is 10.2 Å². The van der Waals surface area contributed by atoms with Gasteiger partial charge in [0.1, 0.15) is 17.7 Å². The van der Waals surface area contributed by atoms with Gasteiger partial charge in [-0.25, -0.2) is 0 Å². The van der Waals surface area contributed by atoms with Crippen molar-refractivity contribution in [1.29, 1.82) is 0 Å². The van der Waals surface area contributed by atoms with E-state index in [4.69, 9.17) is 0 Å². The maximum atomic E-state index is 13.2. The minimum Gasteiger partial charge on any atom is -0.480 e. The van der Waals surface area contributed by atoms with Crippen LogP contribution in [0, 0.1) is 12.8 Å². The minimum absolute atomic E-state index is 0.0768. The fourth-order valence-corrected chi connectivity index (χ4v) is 4.59. The Morgan fingerprint density at radius 1 is 1.11 bits per heavy atom. The van der Waals surface area contributed by atoms with Gasteiger partial charge in [0, 0.05) is 12.1 Å². The van der Waals surface area contributed by atoms with Crippen molar-refractivity contribution < 1.29 is 14.7 Å². The van der Waals surface area contributed by atoms with Gasteiger partial charge in [0.05, 0.1) is 19.6 Å². The number of aliphatic carboxylic acids is 1. The van der Waals surface area contributed by atoms with E-state index in [1.165, 1.54) is 12.8 Å². The van der Waals surface area contributed by atoms with Gasteiger partial charge in [0.2, 0.25) is 5.91 Å². The number of aryl methyl sites for hydroxylation is 1. The van der Waals surface area contributed by atoms with Crippen LogP contribution in [0.5, 0.6) is 0 Å². The monoisotopic (exact) mass is 375 g/mol. The lowest BCUT2D eigenvalue weighted by Gasteiger charge is -2.39. The second kappa shape index (κ2) is 7.22. The Morgan fingerprint density at radius 3 is 2.33 bits per heavy atom. The van der Waals surface area contributed by atoms with Crippen LogP contribution >= 0.6 is 0 Å². The van der Waals surface area contributed by atoms with E-state index in [1.54, 1.807) is 4.90 Å². The summed E-state index contributed by atoms with van der Waals surface area (Å²) in [4.78, 5) is 28.9. The van der Waals surface area contributed by atoms with Gasteiger partial charge >= 0.3 is 5.97 Å². The largest absolute Gasteiger partial charge is 0.480 e. The first-order valence-electron chi connectivity index (χ1n) is 10.1. The van der Waals surface area contributed by atoms with E-state index in [-0.39, 0.29) is 12.5 Å². The fourth-order valence-electron chi connectivity index (χ4n) is 4.59. The summed E-state index contributed by atoms with van der Waals surface area (Å²) >= 11 is 0. The van der Waals surface area contributed by atoms with Crippen LogP contribution in [0.25, 0.3) is 0 Å². The quantitative estimate of drug-likeness (QED) is 0.837. The molecule has 0 spiro atoms. The number of hydrogen-bond acceptors (Lipinski definition) is 5. The maximum Gasteiger partial charge on any atom is 0.322 e. The molecule has 1 aromatic heterocycles. The minimum atomic E-state index is -0.897. The zero-order chi connectivity index (χ0) is 19.1. The highest BCUT2D eigenvalue weighted by Crippen LogP contribution is 2.35. The van der Waals surface area contributed by atoms with Crippen molar-refractivity contribution in [2.24, 2.45) is 5.92 Å². The number of nitrogens with zero attached hydrogens (tertiary/aromatic N) is 5. The summed E-state index contributed by atoms with van der Waals surface area (Å²) in [6, 6.07) is -0.0429. The fraction of sp³-hybridized carbons (Fsp3) is 0.789. The molecule has 3 aliphatic rings. The van der Waals surface area contributed by atoms with E-state index in [0.29, 0.717) is 25.2 Å². The summed E-state index contributed by atoms with van der Waals surface area (Å²) in [5.41, 5.74) is 0. The van der Waals surface area contributed by atoms with Crippen molar-refractivity contribution in [3.05, 3.63) is 11.6 Å². The van der Waals surface area contributed by atoms with Crippen LogP contribution in [-0.2, 0) is 22.7 Å². The molecule has 2 saturated carbocycles. The van der Waals surface area contributed by atoms with E-state index in [2.05, 4.69) is 22.0 Å². The molecule has 2 aliphatic carbocycles. The summed E-state index contributed by atoms with van der Waals surface area (Å²) in [6.45, 7) is 4.90. The van der Waals surface area contributed by atoms with E-state index >= 15 is 0 Å². The van der Waals surface area contributed by atoms with Crippen LogP contribution in [-0.4, -0.2) is 66.2 Å². The Morgan fingerprint density at radius 2 is 1.74 bits per heavy atom. The molecule has 1 amide bonds. The zero-order valence-corrected chi connectivity index (χ0v) is 16.2. The lowest BCUT2D eigenvalue weighted by atomic mass is 9.86. The molecule has 1 atom stereocenters. The van der Waals surface area contributed by atoms with E-state index in [1.807, 2.05) is 11.5 Å². The number of hydrogen-bond donors (Lipinski definition) is 1. The first kappa shape index (κ1) is 18.4. The second-order valence-corrected chi connectivity index (χ2v) is 8.48. The van der Waals surface area contributed by atoms with Gasteiger partial charge in [0.15, 0.2) is 0 Å². The molecule has 1 aromatic rings. The normalized spacial score (nSPS) is 28.6. The zero-order valence-electron chi connectivity index (χ0n) is 16.2. The maximum absolute atomic E-state index is 13.2. The van der Waals surface area contributed by atoms with Crippen molar-refractivity contribution in [3.8, 4) is 0 Å². The van der Waals surface area contributed by atoms with Crippen LogP contribution in [0.1, 0.15) is 57.1 Å². The predicted molar refractivity (Wildman–Crippen MR) is 97.9 cm³/mol. The number of carboxylic acids is 1. The molecule has 8 heteroatoms. The van der Waals surface area contributed by atoms with Gasteiger partial charge in [-0.2, -0.15) is 0 Å². The molecular formula is C19H29N5O3. The summed E-state index contributed by atoms with van der Waals surface area (Å²) in [5.74, 6) is 1.38. The van der Waals surface area contributed by atoms with Gasteiger partial charge in [-0.3, -0.25) is 14.5 Å². The van der Waals surface area contributed by atoms with Crippen LogP contribution in [0.2, 0.25) is 0 Å². The molecule has 0 radical (unpaired) electrons. The SMILES string of the molecule is Cc1nnc2n1CC(C(=O)O)N(CC(=O)N(C1CCC(C)CC1)C1CC1)C2. The van der Waals surface area contributed by atoms with Crippen molar-refractivity contribution >= 4 is 11.9 Å².